The van der Waals surface area contributed by atoms with E-state index in [1.54, 1.807) is 6.21 Å². The van der Waals surface area contributed by atoms with Crippen LogP contribution in [-0.4, -0.2) is 18.7 Å². The van der Waals surface area contributed by atoms with E-state index < -0.39 is 0 Å². The van der Waals surface area contributed by atoms with Crippen LogP contribution < -0.4 is 10.7 Å². The normalized spacial score (nSPS) is 10.9. The summed E-state index contributed by atoms with van der Waals surface area (Å²) < 4.78 is 0. The fourth-order valence-electron chi connectivity index (χ4n) is 2.36. The number of nitrogens with one attached hydrogen (secondary N) is 2. The molecule has 0 unspecified atom stereocenters. The first-order valence-corrected chi connectivity index (χ1v) is 7.82. The lowest BCUT2D eigenvalue weighted by Gasteiger charge is -2.05. The van der Waals surface area contributed by atoms with Crippen molar-refractivity contribution < 1.29 is 4.79 Å². The molecule has 0 radical (unpaired) electrons. The van der Waals surface area contributed by atoms with Gasteiger partial charge in [0.15, 0.2) is 0 Å². The number of benzene rings is 3. The zero-order valence-electron chi connectivity index (χ0n) is 13.5. The van der Waals surface area contributed by atoms with Gasteiger partial charge in [-0.1, -0.05) is 54.1 Å². The maximum absolute atomic E-state index is 11.8. The molecule has 0 spiro atoms. The van der Waals surface area contributed by atoms with E-state index in [0.29, 0.717) is 0 Å². The summed E-state index contributed by atoms with van der Waals surface area (Å²) >= 11 is 0. The summed E-state index contributed by atoms with van der Waals surface area (Å²) in [5.41, 5.74) is 5.57. The van der Waals surface area contributed by atoms with Gasteiger partial charge < -0.3 is 5.32 Å². The van der Waals surface area contributed by atoms with Crippen LogP contribution in [0.3, 0.4) is 0 Å². The molecule has 0 aliphatic heterocycles. The molecule has 3 aromatic rings. The molecule has 0 fully saturated rings. The molecule has 1 amide bonds. The van der Waals surface area contributed by atoms with Gasteiger partial charge in [-0.2, -0.15) is 5.10 Å². The molecule has 0 bridgehead atoms. The van der Waals surface area contributed by atoms with Crippen LogP contribution in [0, 0.1) is 6.92 Å². The second-order valence-electron chi connectivity index (χ2n) is 5.62. The second kappa shape index (κ2) is 7.42. The van der Waals surface area contributed by atoms with Gasteiger partial charge in [-0.25, -0.2) is 5.43 Å². The number of nitrogens with zero attached hydrogens (tertiary/aromatic N) is 1. The first-order valence-electron chi connectivity index (χ1n) is 7.82. The number of fused-ring (bicyclic) bond motifs is 1. The lowest BCUT2D eigenvalue weighted by atomic mass is 10.1. The third-order valence-electron chi connectivity index (χ3n) is 3.68. The van der Waals surface area contributed by atoms with E-state index in [-0.39, 0.29) is 12.5 Å². The first kappa shape index (κ1) is 15.7. The number of amides is 1. The Morgan fingerprint density at radius 1 is 1.00 bits per heavy atom. The number of anilines is 1. The van der Waals surface area contributed by atoms with Crippen LogP contribution in [0.2, 0.25) is 0 Å². The summed E-state index contributed by atoms with van der Waals surface area (Å²) in [6.45, 7) is 2.20. The number of hydrogen-bond acceptors (Lipinski definition) is 3. The summed E-state index contributed by atoms with van der Waals surface area (Å²) in [5, 5.41) is 9.40. The Bertz CT molecular complexity index is 869. The highest BCUT2D eigenvalue weighted by Crippen LogP contribution is 2.14. The first-order chi connectivity index (χ1) is 11.7. The zero-order valence-corrected chi connectivity index (χ0v) is 13.5. The molecule has 0 heterocycles. The molecule has 4 nitrogen and oxygen atoms in total. The van der Waals surface area contributed by atoms with Crippen molar-refractivity contribution in [2.45, 2.75) is 6.92 Å². The highest BCUT2D eigenvalue weighted by molar-refractivity contribution is 5.91. The molecule has 120 valence electrons. The van der Waals surface area contributed by atoms with Crippen LogP contribution in [0.25, 0.3) is 10.8 Å². The summed E-state index contributed by atoms with van der Waals surface area (Å²) in [7, 11) is 0. The van der Waals surface area contributed by atoms with Gasteiger partial charge in [0.1, 0.15) is 0 Å². The van der Waals surface area contributed by atoms with E-state index in [1.165, 1.54) is 10.9 Å². The highest BCUT2D eigenvalue weighted by Gasteiger charge is 1.99. The van der Waals surface area contributed by atoms with Gasteiger partial charge in [0.25, 0.3) is 5.91 Å². The van der Waals surface area contributed by atoms with Crippen molar-refractivity contribution >= 4 is 28.6 Å². The molecule has 0 saturated heterocycles. The highest BCUT2D eigenvalue weighted by atomic mass is 16.2. The largest absolute Gasteiger partial charge is 0.376 e. The summed E-state index contributed by atoms with van der Waals surface area (Å²) in [4.78, 5) is 11.8. The summed E-state index contributed by atoms with van der Waals surface area (Å²) in [6.07, 6.45) is 1.65. The van der Waals surface area contributed by atoms with Gasteiger partial charge in [0.2, 0.25) is 0 Å². The average molecular weight is 317 g/mol. The Morgan fingerprint density at radius 2 is 1.75 bits per heavy atom. The third kappa shape index (κ3) is 4.20. The molecule has 2 N–H and O–H groups in total. The molecule has 0 aliphatic carbocycles. The Labute approximate surface area is 141 Å². The van der Waals surface area contributed by atoms with Crippen molar-refractivity contribution in [1.29, 1.82) is 0 Å². The van der Waals surface area contributed by atoms with E-state index in [2.05, 4.69) is 28.0 Å². The monoisotopic (exact) mass is 317 g/mol. The van der Waals surface area contributed by atoms with E-state index in [1.807, 2.05) is 61.5 Å². The van der Waals surface area contributed by atoms with Gasteiger partial charge in [-0.15, -0.1) is 0 Å². The minimum atomic E-state index is -0.187. The van der Waals surface area contributed by atoms with E-state index in [4.69, 9.17) is 0 Å². The molecular weight excluding hydrogens is 298 g/mol. The van der Waals surface area contributed by atoms with E-state index in [9.17, 15) is 4.79 Å². The Kier molecular flexibility index (Phi) is 4.87. The average Bonchev–Trinajstić information content (AvgIpc) is 2.61. The quantitative estimate of drug-likeness (QED) is 0.557. The number of aryl methyl sites for hydroxylation is 1. The number of carbonyl (C=O) groups is 1. The SMILES string of the molecule is Cc1ccc(NCC(=O)N/N=C/c2ccc3ccccc3c2)cc1. The molecule has 24 heavy (non-hydrogen) atoms. The van der Waals surface area contributed by atoms with Crippen LogP contribution in [0.1, 0.15) is 11.1 Å². The fraction of sp³-hybridized carbons (Fsp3) is 0.100. The van der Waals surface area contributed by atoms with Gasteiger partial charge in [-0.05, 0) is 41.5 Å². The molecule has 0 saturated carbocycles. The van der Waals surface area contributed by atoms with Crippen molar-refractivity contribution in [2.24, 2.45) is 5.10 Å². The molecule has 0 atom stereocenters. The van der Waals surface area contributed by atoms with Crippen LogP contribution in [0.15, 0.2) is 71.8 Å². The third-order valence-corrected chi connectivity index (χ3v) is 3.68. The number of hydrogen-bond donors (Lipinski definition) is 2. The lowest BCUT2D eigenvalue weighted by molar-refractivity contribution is -0.119. The summed E-state index contributed by atoms with van der Waals surface area (Å²) in [5.74, 6) is -0.187. The van der Waals surface area contributed by atoms with Gasteiger partial charge >= 0.3 is 0 Å². The smallest absolute Gasteiger partial charge is 0.259 e. The molecule has 0 aliphatic rings. The van der Waals surface area contributed by atoms with Crippen molar-refractivity contribution in [1.82, 2.24) is 5.43 Å². The van der Waals surface area contributed by atoms with Crippen molar-refractivity contribution in [3.63, 3.8) is 0 Å². The summed E-state index contributed by atoms with van der Waals surface area (Å²) in [6, 6.07) is 22.1. The predicted molar refractivity (Wildman–Crippen MR) is 99.4 cm³/mol. The molecule has 0 aromatic heterocycles. The molecular formula is C20H19N3O. The van der Waals surface area contributed by atoms with Gasteiger partial charge in [-0.3, -0.25) is 4.79 Å². The van der Waals surface area contributed by atoms with Crippen LogP contribution in [-0.2, 0) is 4.79 Å². The van der Waals surface area contributed by atoms with Gasteiger partial charge in [0.05, 0.1) is 12.8 Å². The van der Waals surface area contributed by atoms with Crippen LogP contribution in [0.4, 0.5) is 5.69 Å². The topological polar surface area (TPSA) is 53.5 Å². The lowest BCUT2D eigenvalue weighted by Crippen LogP contribution is -2.25. The Hall–Kier alpha value is -3.14. The molecule has 4 heteroatoms. The zero-order chi connectivity index (χ0) is 16.8. The second-order valence-corrected chi connectivity index (χ2v) is 5.62. The maximum atomic E-state index is 11.8. The minimum Gasteiger partial charge on any atom is -0.376 e. The van der Waals surface area contributed by atoms with Crippen molar-refractivity contribution in [3.05, 3.63) is 77.9 Å². The molecule has 3 aromatic carbocycles. The number of rotatable bonds is 5. The van der Waals surface area contributed by atoms with Crippen molar-refractivity contribution in [2.75, 3.05) is 11.9 Å². The Balaban J connectivity index is 1.52. The maximum Gasteiger partial charge on any atom is 0.259 e. The van der Waals surface area contributed by atoms with Crippen LogP contribution >= 0.6 is 0 Å². The van der Waals surface area contributed by atoms with E-state index in [0.717, 1.165) is 16.6 Å². The number of carbonyl (C=O) groups excluding carboxylic acids is 1. The minimum absolute atomic E-state index is 0.179. The van der Waals surface area contributed by atoms with Crippen molar-refractivity contribution in [3.8, 4) is 0 Å². The fourth-order valence-corrected chi connectivity index (χ4v) is 2.36. The molecule has 3 rings (SSSR count). The standard InChI is InChI=1S/C20H19N3O/c1-15-6-10-19(11-7-15)21-14-20(24)23-22-13-16-8-9-17-4-2-3-5-18(17)12-16/h2-13,21H,14H2,1H3,(H,23,24)/b22-13+. The van der Waals surface area contributed by atoms with E-state index >= 15 is 0 Å². The van der Waals surface area contributed by atoms with Gasteiger partial charge in [0, 0.05) is 5.69 Å². The predicted octanol–water partition coefficient (Wildman–Crippen LogP) is 3.71. The number of hydrazone groups is 1. The van der Waals surface area contributed by atoms with Crippen LogP contribution in [0.5, 0.6) is 0 Å². The Morgan fingerprint density at radius 3 is 2.54 bits per heavy atom.